The van der Waals surface area contributed by atoms with E-state index in [0.717, 1.165) is 5.56 Å². The summed E-state index contributed by atoms with van der Waals surface area (Å²) in [4.78, 5) is 0. The Morgan fingerprint density at radius 2 is 1.50 bits per heavy atom. The van der Waals surface area contributed by atoms with Gasteiger partial charge in [-0.25, -0.2) is 0 Å². The van der Waals surface area contributed by atoms with Crippen molar-refractivity contribution >= 4 is 0 Å². The molecule has 0 aliphatic heterocycles. The lowest BCUT2D eigenvalue weighted by atomic mass is 9.98. The highest BCUT2D eigenvalue weighted by Crippen LogP contribution is 2.28. The fraction of sp³-hybridized carbons (Fsp3) is 0.0769. The van der Waals surface area contributed by atoms with Crippen LogP contribution >= 0.6 is 0 Å². The first kappa shape index (κ1) is 8.82. The van der Waals surface area contributed by atoms with Gasteiger partial charge in [-0.15, -0.1) is 0 Å². The van der Waals surface area contributed by atoms with Gasteiger partial charge >= 0.3 is 0 Å². The zero-order valence-electron chi connectivity index (χ0n) is 7.80. The van der Waals surface area contributed by atoms with Crippen molar-refractivity contribution in [1.29, 1.82) is 0 Å². The summed E-state index contributed by atoms with van der Waals surface area (Å²) in [6, 6.07) is 7.44. The quantitative estimate of drug-likeness (QED) is 0.710. The molecule has 0 unspecified atom stereocenters. The topological polar surface area (TPSA) is 20.2 Å². The van der Waals surface area contributed by atoms with Crippen molar-refractivity contribution in [3.8, 4) is 5.75 Å². The predicted octanol–water partition coefficient (Wildman–Crippen LogP) is 3.16. The molecule has 0 saturated carbocycles. The van der Waals surface area contributed by atoms with E-state index in [1.165, 1.54) is 0 Å². The van der Waals surface area contributed by atoms with Gasteiger partial charge < -0.3 is 5.11 Å². The van der Waals surface area contributed by atoms with Crippen molar-refractivity contribution in [3.63, 3.8) is 0 Å². The second kappa shape index (κ2) is 3.97. The van der Waals surface area contributed by atoms with Gasteiger partial charge in [-0.2, -0.15) is 0 Å². The van der Waals surface area contributed by atoms with Crippen molar-refractivity contribution in [2.45, 2.75) is 5.92 Å². The number of hydrogen-bond donors (Lipinski definition) is 1. The molecule has 0 atom stereocenters. The van der Waals surface area contributed by atoms with Crippen LogP contribution in [-0.4, -0.2) is 5.11 Å². The van der Waals surface area contributed by atoms with Crippen molar-refractivity contribution < 1.29 is 5.11 Å². The minimum atomic E-state index is 0.172. The second-order valence-electron chi connectivity index (χ2n) is 3.24. The van der Waals surface area contributed by atoms with Crippen LogP contribution in [-0.2, 0) is 0 Å². The maximum atomic E-state index is 9.67. The molecule has 1 N–H and O–H groups in total. The number of phenols is 1. The molecule has 1 nitrogen and oxygen atoms in total. The van der Waals surface area contributed by atoms with Crippen LogP contribution in [0.4, 0.5) is 0 Å². The first-order valence-electron chi connectivity index (χ1n) is 4.67. The molecule has 0 amide bonds. The Bertz CT molecular complexity index is 383. The van der Waals surface area contributed by atoms with E-state index in [0.29, 0.717) is 5.75 Å². The molecule has 1 heteroatoms. The van der Waals surface area contributed by atoms with E-state index in [9.17, 15) is 5.11 Å². The molecule has 1 aliphatic rings. The molecule has 1 aromatic carbocycles. The van der Waals surface area contributed by atoms with Gasteiger partial charge in [-0.3, -0.25) is 0 Å². The van der Waals surface area contributed by atoms with Crippen LogP contribution in [0.25, 0.3) is 0 Å². The Balaban J connectivity index is 2.36. The fourth-order valence-electron chi connectivity index (χ4n) is 1.54. The molecular formula is C13H12O. The van der Waals surface area contributed by atoms with E-state index < -0.39 is 0 Å². The normalized spacial score (nSPS) is 15.7. The SMILES string of the molecule is Oc1ccccc1C1C=CC=CC=C1. The smallest absolute Gasteiger partial charge is 0.119 e. The Morgan fingerprint density at radius 1 is 0.857 bits per heavy atom. The molecule has 0 heterocycles. The zero-order valence-corrected chi connectivity index (χ0v) is 7.80. The van der Waals surface area contributed by atoms with Gasteiger partial charge in [0.2, 0.25) is 0 Å². The Labute approximate surface area is 83.7 Å². The van der Waals surface area contributed by atoms with E-state index >= 15 is 0 Å². The molecule has 0 spiro atoms. The summed E-state index contributed by atoms with van der Waals surface area (Å²) >= 11 is 0. The third-order valence-electron chi connectivity index (χ3n) is 2.27. The van der Waals surface area contributed by atoms with Crippen LogP contribution < -0.4 is 0 Å². The predicted molar refractivity (Wildman–Crippen MR) is 58.3 cm³/mol. The van der Waals surface area contributed by atoms with Crippen LogP contribution in [0.2, 0.25) is 0 Å². The van der Waals surface area contributed by atoms with Gasteiger partial charge in [0.25, 0.3) is 0 Å². The average Bonchev–Trinajstić information content (AvgIpc) is 2.47. The van der Waals surface area contributed by atoms with Crippen molar-refractivity contribution in [2.75, 3.05) is 0 Å². The number of aromatic hydroxyl groups is 1. The number of para-hydroxylation sites is 1. The molecule has 0 fully saturated rings. The van der Waals surface area contributed by atoms with Crippen molar-refractivity contribution in [2.24, 2.45) is 0 Å². The number of phenolic OH excluding ortho intramolecular Hbond substituents is 1. The van der Waals surface area contributed by atoms with Crippen LogP contribution in [0.1, 0.15) is 11.5 Å². The first-order valence-corrected chi connectivity index (χ1v) is 4.67. The number of rotatable bonds is 1. The summed E-state index contributed by atoms with van der Waals surface area (Å²) in [6.07, 6.45) is 12.1. The van der Waals surface area contributed by atoms with Gasteiger partial charge in [-0.1, -0.05) is 54.7 Å². The lowest BCUT2D eigenvalue weighted by Crippen LogP contribution is -1.90. The molecule has 14 heavy (non-hydrogen) atoms. The first-order chi connectivity index (χ1) is 6.88. The molecule has 70 valence electrons. The van der Waals surface area contributed by atoms with Crippen molar-refractivity contribution in [3.05, 3.63) is 66.3 Å². The Morgan fingerprint density at radius 3 is 2.14 bits per heavy atom. The van der Waals surface area contributed by atoms with E-state index in [2.05, 4.69) is 12.2 Å². The van der Waals surface area contributed by atoms with E-state index in [-0.39, 0.29) is 5.92 Å². The minimum absolute atomic E-state index is 0.172. The van der Waals surface area contributed by atoms with E-state index in [4.69, 9.17) is 0 Å². The fourth-order valence-corrected chi connectivity index (χ4v) is 1.54. The molecule has 0 saturated heterocycles. The molecule has 0 aromatic heterocycles. The van der Waals surface area contributed by atoms with Crippen LogP contribution in [0, 0.1) is 0 Å². The maximum Gasteiger partial charge on any atom is 0.119 e. The third kappa shape index (κ3) is 1.77. The lowest BCUT2D eigenvalue weighted by molar-refractivity contribution is 0.468. The molecule has 1 aromatic rings. The highest BCUT2D eigenvalue weighted by molar-refractivity contribution is 5.41. The van der Waals surface area contributed by atoms with Gasteiger partial charge in [0.15, 0.2) is 0 Å². The number of allylic oxidation sites excluding steroid dienone is 6. The summed E-state index contributed by atoms with van der Waals surface area (Å²) in [5, 5.41) is 9.67. The average molecular weight is 184 g/mol. The number of hydrogen-bond acceptors (Lipinski definition) is 1. The van der Waals surface area contributed by atoms with E-state index in [1.54, 1.807) is 6.07 Å². The van der Waals surface area contributed by atoms with Gasteiger partial charge in [0.1, 0.15) is 5.75 Å². The van der Waals surface area contributed by atoms with Crippen LogP contribution in [0.3, 0.4) is 0 Å². The molecule has 0 bridgehead atoms. The highest BCUT2D eigenvalue weighted by atomic mass is 16.3. The molecule has 0 radical (unpaired) electrons. The van der Waals surface area contributed by atoms with E-state index in [1.807, 2.05) is 42.5 Å². The zero-order chi connectivity index (χ0) is 9.80. The molecule has 1 aliphatic carbocycles. The number of benzene rings is 1. The second-order valence-corrected chi connectivity index (χ2v) is 3.24. The van der Waals surface area contributed by atoms with Gasteiger partial charge in [-0.05, 0) is 6.07 Å². The molecule has 2 rings (SSSR count). The summed E-state index contributed by atoms with van der Waals surface area (Å²) in [7, 11) is 0. The maximum absolute atomic E-state index is 9.67. The Hall–Kier alpha value is -1.76. The van der Waals surface area contributed by atoms with Crippen molar-refractivity contribution in [1.82, 2.24) is 0 Å². The Kier molecular flexibility index (Phi) is 2.50. The van der Waals surface area contributed by atoms with Gasteiger partial charge in [0, 0.05) is 11.5 Å². The molecular weight excluding hydrogens is 172 g/mol. The summed E-state index contributed by atoms with van der Waals surface area (Å²) in [5.74, 6) is 0.528. The standard InChI is InChI=1S/C13H12O/c14-13-10-6-5-9-12(13)11-7-3-1-2-4-8-11/h1-11,14H. The third-order valence-corrected chi connectivity index (χ3v) is 2.27. The van der Waals surface area contributed by atoms with Crippen LogP contribution in [0.5, 0.6) is 5.75 Å². The minimum Gasteiger partial charge on any atom is -0.508 e. The largest absolute Gasteiger partial charge is 0.508 e. The summed E-state index contributed by atoms with van der Waals surface area (Å²) < 4.78 is 0. The summed E-state index contributed by atoms with van der Waals surface area (Å²) in [6.45, 7) is 0. The van der Waals surface area contributed by atoms with Crippen LogP contribution in [0.15, 0.2) is 60.7 Å². The monoisotopic (exact) mass is 184 g/mol. The summed E-state index contributed by atoms with van der Waals surface area (Å²) in [5.41, 5.74) is 0.948. The highest BCUT2D eigenvalue weighted by Gasteiger charge is 2.08. The van der Waals surface area contributed by atoms with Gasteiger partial charge in [0.05, 0.1) is 0 Å². The lowest BCUT2D eigenvalue weighted by Gasteiger charge is -2.09.